The van der Waals surface area contributed by atoms with E-state index in [4.69, 9.17) is 5.11 Å². The van der Waals surface area contributed by atoms with Crippen LogP contribution < -0.4 is 0 Å². The zero-order valence-corrected chi connectivity index (χ0v) is 6.07. The molecule has 1 N–H and O–H groups in total. The summed E-state index contributed by atoms with van der Waals surface area (Å²) in [6, 6.07) is 0. The molecule has 0 radical (unpaired) electrons. The minimum absolute atomic E-state index is 0.505. The average molecular weight is 164 g/mol. The molecular weight excluding hydrogens is 156 g/mol. The van der Waals surface area contributed by atoms with Crippen molar-refractivity contribution in [1.29, 1.82) is 0 Å². The SMILES string of the molecule is COO/C=C(/OOC)C(=O)O. The number of aliphatic carboxylic acids is 1. The van der Waals surface area contributed by atoms with Gasteiger partial charge in [-0.1, -0.05) is 0 Å². The summed E-state index contributed by atoms with van der Waals surface area (Å²) in [6.45, 7) is 0. The summed E-state index contributed by atoms with van der Waals surface area (Å²) in [4.78, 5) is 26.7. The lowest BCUT2D eigenvalue weighted by atomic mass is 10.6. The fourth-order valence-electron chi connectivity index (χ4n) is 0.287. The third kappa shape index (κ3) is 4.18. The summed E-state index contributed by atoms with van der Waals surface area (Å²) in [5, 5.41) is 8.32. The first-order valence-corrected chi connectivity index (χ1v) is 2.56. The van der Waals surface area contributed by atoms with Crippen LogP contribution in [0.2, 0.25) is 0 Å². The Morgan fingerprint density at radius 2 is 2.00 bits per heavy atom. The van der Waals surface area contributed by atoms with Crippen molar-refractivity contribution < 1.29 is 29.5 Å². The van der Waals surface area contributed by atoms with Gasteiger partial charge >= 0.3 is 5.97 Å². The van der Waals surface area contributed by atoms with Crippen molar-refractivity contribution in [1.82, 2.24) is 0 Å². The Hall–Kier alpha value is -1.27. The number of carboxylic acid groups (broad SMARTS) is 1. The molecule has 0 saturated carbocycles. The Morgan fingerprint density at radius 1 is 1.36 bits per heavy atom. The van der Waals surface area contributed by atoms with Gasteiger partial charge in [0, 0.05) is 0 Å². The molecule has 6 heteroatoms. The summed E-state index contributed by atoms with van der Waals surface area (Å²) in [7, 11) is 2.40. The van der Waals surface area contributed by atoms with Crippen LogP contribution in [0.3, 0.4) is 0 Å². The molecule has 11 heavy (non-hydrogen) atoms. The highest BCUT2D eigenvalue weighted by molar-refractivity contribution is 5.83. The van der Waals surface area contributed by atoms with Crippen molar-refractivity contribution in [2.75, 3.05) is 14.2 Å². The number of hydrogen-bond acceptors (Lipinski definition) is 5. The molecule has 0 aliphatic rings. The maximum absolute atomic E-state index is 10.2. The standard InChI is InChI=1S/C5H8O6/c1-8-10-3-4(5(6)7)11-9-2/h3H,1-2H3,(H,6,7)/b4-3+. The summed E-state index contributed by atoms with van der Waals surface area (Å²) in [5.74, 6) is -1.82. The van der Waals surface area contributed by atoms with Crippen molar-refractivity contribution in [2.24, 2.45) is 0 Å². The van der Waals surface area contributed by atoms with Crippen LogP contribution in [0.5, 0.6) is 0 Å². The van der Waals surface area contributed by atoms with Crippen LogP contribution in [0.15, 0.2) is 12.0 Å². The Bertz CT molecular complexity index is 151. The highest BCUT2D eigenvalue weighted by Gasteiger charge is 2.10. The van der Waals surface area contributed by atoms with Crippen molar-refractivity contribution >= 4 is 5.97 Å². The Morgan fingerprint density at radius 3 is 2.36 bits per heavy atom. The van der Waals surface area contributed by atoms with Crippen molar-refractivity contribution in [3.05, 3.63) is 12.0 Å². The minimum Gasteiger partial charge on any atom is -0.475 e. The van der Waals surface area contributed by atoms with Gasteiger partial charge in [0.05, 0.1) is 14.2 Å². The third-order valence-corrected chi connectivity index (χ3v) is 0.635. The highest BCUT2D eigenvalue weighted by atomic mass is 17.2. The quantitative estimate of drug-likeness (QED) is 0.268. The van der Waals surface area contributed by atoms with E-state index < -0.39 is 11.7 Å². The topological polar surface area (TPSA) is 74.2 Å². The molecule has 0 spiro atoms. The number of carbonyl (C=O) groups is 1. The molecule has 6 nitrogen and oxygen atoms in total. The first kappa shape index (κ1) is 9.73. The monoisotopic (exact) mass is 164 g/mol. The first-order valence-electron chi connectivity index (χ1n) is 2.56. The molecule has 0 aliphatic heterocycles. The molecule has 0 aliphatic carbocycles. The van der Waals surface area contributed by atoms with E-state index in [0.717, 1.165) is 6.26 Å². The lowest BCUT2D eigenvalue weighted by Crippen LogP contribution is -2.05. The van der Waals surface area contributed by atoms with Crippen LogP contribution in [-0.2, 0) is 24.3 Å². The van der Waals surface area contributed by atoms with E-state index in [0.29, 0.717) is 0 Å². The van der Waals surface area contributed by atoms with Crippen LogP contribution in [0.25, 0.3) is 0 Å². The van der Waals surface area contributed by atoms with Crippen molar-refractivity contribution in [3.63, 3.8) is 0 Å². The lowest BCUT2D eigenvalue weighted by molar-refractivity contribution is -0.257. The zero-order valence-electron chi connectivity index (χ0n) is 6.07. The molecular formula is C5H8O6. The van der Waals surface area contributed by atoms with Gasteiger partial charge in [-0.3, -0.25) is 0 Å². The van der Waals surface area contributed by atoms with Crippen molar-refractivity contribution in [2.45, 2.75) is 0 Å². The zero-order chi connectivity index (χ0) is 8.69. The molecule has 0 heterocycles. The van der Waals surface area contributed by atoms with Crippen LogP contribution in [0.1, 0.15) is 0 Å². The van der Waals surface area contributed by atoms with E-state index in [1.165, 1.54) is 14.2 Å². The average Bonchev–Trinajstić information content (AvgIpc) is 1.97. The van der Waals surface area contributed by atoms with Crippen LogP contribution in [0, 0.1) is 0 Å². The predicted octanol–water partition coefficient (Wildman–Crippen LogP) is 0.0684. The van der Waals surface area contributed by atoms with E-state index >= 15 is 0 Å². The van der Waals surface area contributed by atoms with Crippen LogP contribution in [0.4, 0.5) is 0 Å². The Labute approximate surface area is 62.8 Å². The van der Waals surface area contributed by atoms with E-state index in [2.05, 4.69) is 19.6 Å². The van der Waals surface area contributed by atoms with Crippen molar-refractivity contribution in [3.8, 4) is 0 Å². The second-order valence-electron chi connectivity index (χ2n) is 1.30. The minimum atomic E-state index is -1.32. The normalized spacial score (nSPS) is 10.9. The highest BCUT2D eigenvalue weighted by Crippen LogP contribution is 1.97. The lowest BCUT2D eigenvalue weighted by Gasteiger charge is -1.99. The van der Waals surface area contributed by atoms with Crippen LogP contribution in [-0.4, -0.2) is 25.3 Å². The fourth-order valence-corrected chi connectivity index (χ4v) is 0.287. The third-order valence-electron chi connectivity index (χ3n) is 0.635. The molecule has 0 fully saturated rings. The second-order valence-corrected chi connectivity index (χ2v) is 1.30. The Kier molecular flexibility index (Phi) is 4.87. The largest absolute Gasteiger partial charge is 0.475 e. The molecule has 0 rings (SSSR count). The maximum atomic E-state index is 10.2. The molecule has 0 aromatic carbocycles. The summed E-state index contributed by atoms with van der Waals surface area (Å²) in [6.07, 6.45) is 0.756. The summed E-state index contributed by atoms with van der Waals surface area (Å²) < 4.78 is 0. The van der Waals surface area contributed by atoms with Gasteiger partial charge in [-0.25, -0.2) is 4.79 Å². The van der Waals surface area contributed by atoms with Gasteiger partial charge in [0.1, 0.15) is 0 Å². The van der Waals surface area contributed by atoms with Gasteiger partial charge in [0.2, 0.25) is 0 Å². The number of carboxylic acids is 1. The van der Waals surface area contributed by atoms with Gasteiger partial charge in [-0.05, 0) is 0 Å². The first-order chi connectivity index (χ1) is 5.22. The second kappa shape index (κ2) is 5.51. The number of hydrogen-bond donors (Lipinski definition) is 1. The smallest absolute Gasteiger partial charge is 0.378 e. The van der Waals surface area contributed by atoms with Gasteiger partial charge < -0.3 is 14.9 Å². The van der Waals surface area contributed by atoms with Gasteiger partial charge in [-0.2, -0.15) is 9.78 Å². The van der Waals surface area contributed by atoms with Gasteiger partial charge in [0.15, 0.2) is 6.26 Å². The molecule has 0 bridgehead atoms. The van der Waals surface area contributed by atoms with Gasteiger partial charge in [-0.15, -0.1) is 0 Å². The summed E-state index contributed by atoms with van der Waals surface area (Å²) in [5.41, 5.74) is 0. The molecule has 0 saturated heterocycles. The van der Waals surface area contributed by atoms with Crippen LogP contribution >= 0.6 is 0 Å². The molecule has 64 valence electrons. The molecule has 0 atom stereocenters. The maximum Gasteiger partial charge on any atom is 0.378 e. The predicted molar refractivity (Wildman–Crippen MR) is 31.9 cm³/mol. The number of rotatable bonds is 5. The van der Waals surface area contributed by atoms with Gasteiger partial charge in [0.25, 0.3) is 5.76 Å². The van der Waals surface area contributed by atoms with E-state index in [9.17, 15) is 4.79 Å². The van der Waals surface area contributed by atoms with E-state index in [1.54, 1.807) is 0 Å². The molecule has 0 unspecified atom stereocenters. The molecule has 0 aromatic heterocycles. The van der Waals surface area contributed by atoms with E-state index in [1.807, 2.05) is 0 Å². The summed E-state index contributed by atoms with van der Waals surface area (Å²) >= 11 is 0. The molecule has 0 amide bonds. The molecule has 0 aromatic rings. The Balaban J connectivity index is 3.97. The fraction of sp³-hybridized carbons (Fsp3) is 0.400. The van der Waals surface area contributed by atoms with E-state index in [-0.39, 0.29) is 0 Å².